The lowest BCUT2D eigenvalue weighted by Crippen LogP contribution is -2.24. The molecule has 0 aliphatic rings. The summed E-state index contributed by atoms with van der Waals surface area (Å²) < 4.78 is 51.1. The Morgan fingerprint density at radius 1 is 1.09 bits per heavy atom. The van der Waals surface area contributed by atoms with Crippen molar-refractivity contribution in [3.8, 4) is 0 Å². The van der Waals surface area contributed by atoms with Gasteiger partial charge in [0.15, 0.2) is 0 Å². The van der Waals surface area contributed by atoms with Crippen molar-refractivity contribution >= 4 is 11.5 Å². The van der Waals surface area contributed by atoms with E-state index in [1.165, 1.54) is 0 Å². The molecule has 22 heavy (non-hydrogen) atoms. The van der Waals surface area contributed by atoms with E-state index in [4.69, 9.17) is 0 Å². The van der Waals surface area contributed by atoms with Crippen molar-refractivity contribution in [1.29, 1.82) is 0 Å². The van der Waals surface area contributed by atoms with Crippen LogP contribution in [0.15, 0.2) is 48.5 Å². The van der Waals surface area contributed by atoms with Gasteiger partial charge in [-0.15, -0.1) is 0 Å². The van der Waals surface area contributed by atoms with Gasteiger partial charge in [-0.25, -0.2) is 4.39 Å². The monoisotopic (exact) mass is 311 g/mol. The number of carbonyl (C=O) groups excluding carboxylic acids is 1. The molecule has 0 saturated heterocycles. The highest BCUT2D eigenvalue weighted by atomic mass is 19.4. The maximum Gasteiger partial charge on any atom is 0.454 e. The minimum absolute atomic E-state index is 0.182. The lowest BCUT2D eigenvalue weighted by Gasteiger charge is -2.18. The van der Waals surface area contributed by atoms with Crippen LogP contribution in [0, 0.1) is 5.82 Å². The number of nitrogens with one attached hydrogen (secondary N) is 1. The smallest absolute Gasteiger partial charge is 0.378 e. The maximum absolute atomic E-state index is 13.3. The van der Waals surface area contributed by atoms with E-state index in [1.54, 1.807) is 37.3 Å². The molecule has 0 radical (unpaired) electrons. The molecule has 1 atom stereocenters. The summed E-state index contributed by atoms with van der Waals surface area (Å²) in [6.07, 6.45) is -5.01. The average molecular weight is 311 g/mol. The van der Waals surface area contributed by atoms with Crippen LogP contribution in [-0.2, 0) is 0 Å². The fraction of sp³-hybridized carbons (Fsp3) is 0.188. The molecular weight excluding hydrogens is 298 g/mol. The zero-order chi connectivity index (χ0) is 16.3. The van der Waals surface area contributed by atoms with Crippen LogP contribution < -0.4 is 5.32 Å². The minimum Gasteiger partial charge on any atom is -0.378 e. The fourth-order valence-electron chi connectivity index (χ4n) is 2.04. The zero-order valence-electron chi connectivity index (χ0n) is 11.6. The van der Waals surface area contributed by atoms with E-state index in [2.05, 4.69) is 5.32 Å². The molecular formula is C16H13F4NO. The highest BCUT2D eigenvalue weighted by molar-refractivity contribution is 6.04. The first kappa shape index (κ1) is 16.0. The first-order valence-corrected chi connectivity index (χ1v) is 6.51. The SMILES string of the molecule is CC(Nc1cc(F)ccc1C(=O)C(F)(F)F)c1ccccc1. The van der Waals surface area contributed by atoms with Gasteiger partial charge in [-0.05, 0) is 30.7 Å². The first-order chi connectivity index (χ1) is 10.3. The molecule has 0 saturated carbocycles. The Morgan fingerprint density at radius 2 is 1.73 bits per heavy atom. The van der Waals surface area contributed by atoms with Gasteiger partial charge in [0.05, 0.1) is 5.56 Å². The average Bonchev–Trinajstić information content (AvgIpc) is 2.47. The van der Waals surface area contributed by atoms with Crippen molar-refractivity contribution in [3.63, 3.8) is 0 Å². The van der Waals surface area contributed by atoms with E-state index in [-0.39, 0.29) is 11.7 Å². The summed E-state index contributed by atoms with van der Waals surface area (Å²) in [6, 6.07) is 11.1. The standard InChI is InChI=1S/C16H13F4NO/c1-10(11-5-3-2-4-6-11)21-14-9-12(17)7-8-13(14)15(22)16(18,19)20/h2-10,21H,1H3. The molecule has 0 aliphatic carbocycles. The van der Waals surface area contributed by atoms with Gasteiger partial charge >= 0.3 is 6.18 Å². The number of anilines is 1. The number of hydrogen-bond donors (Lipinski definition) is 1. The summed E-state index contributed by atoms with van der Waals surface area (Å²) in [6.45, 7) is 1.71. The van der Waals surface area contributed by atoms with Crippen LogP contribution in [0.5, 0.6) is 0 Å². The molecule has 0 fully saturated rings. The second-order valence-corrected chi connectivity index (χ2v) is 4.79. The summed E-state index contributed by atoms with van der Waals surface area (Å²) in [5, 5.41) is 2.76. The number of hydrogen-bond acceptors (Lipinski definition) is 2. The molecule has 0 spiro atoms. The molecule has 1 unspecified atom stereocenters. The Labute approximate surface area is 124 Å². The van der Waals surface area contributed by atoms with Gasteiger partial charge in [-0.3, -0.25) is 4.79 Å². The van der Waals surface area contributed by atoms with Gasteiger partial charge in [0.2, 0.25) is 0 Å². The summed E-state index contributed by atoms with van der Waals surface area (Å²) >= 11 is 0. The third kappa shape index (κ3) is 3.63. The van der Waals surface area contributed by atoms with E-state index >= 15 is 0 Å². The van der Waals surface area contributed by atoms with Gasteiger partial charge in [-0.1, -0.05) is 30.3 Å². The van der Waals surface area contributed by atoms with Crippen LogP contribution >= 0.6 is 0 Å². The van der Waals surface area contributed by atoms with Gasteiger partial charge < -0.3 is 5.32 Å². The summed E-state index contributed by atoms with van der Waals surface area (Å²) in [7, 11) is 0. The molecule has 6 heteroatoms. The van der Waals surface area contributed by atoms with E-state index in [1.807, 2.05) is 0 Å². The van der Waals surface area contributed by atoms with E-state index in [0.29, 0.717) is 0 Å². The van der Waals surface area contributed by atoms with Gasteiger partial charge in [0.25, 0.3) is 5.78 Å². The quantitative estimate of drug-likeness (QED) is 0.652. The second kappa shape index (κ2) is 6.17. The molecule has 0 aliphatic heterocycles. The molecule has 0 aromatic heterocycles. The Kier molecular flexibility index (Phi) is 4.49. The predicted molar refractivity (Wildman–Crippen MR) is 75.3 cm³/mol. The Bertz CT molecular complexity index is 668. The van der Waals surface area contributed by atoms with Crippen molar-refractivity contribution in [2.24, 2.45) is 0 Å². The van der Waals surface area contributed by atoms with Crippen LogP contribution in [0.4, 0.5) is 23.2 Å². The molecule has 0 heterocycles. The minimum atomic E-state index is -5.01. The molecule has 0 bridgehead atoms. The zero-order valence-corrected chi connectivity index (χ0v) is 11.6. The first-order valence-electron chi connectivity index (χ1n) is 6.51. The largest absolute Gasteiger partial charge is 0.454 e. The number of Topliss-reactive ketones (excluding diaryl/α,β-unsaturated/α-hetero) is 1. The molecule has 2 rings (SSSR count). The lowest BCUT2D eigenvalue weighted by atomic mass is 10.0. The summed E-state index contributed by atoms with van der Waals surface area (Å²) in [4.78, 5) is 11.4. The predicted octanol–water partition coefficient (Wildman–Crippen LogP) is 4.74. The number of halogens is 4. The van der Waals surface area contributed by atoms with Gasteiger partial charge in [-0.2, -0.15) is 13.2 Å². The molecule has 2 nitrogen and oxygen atoms in total. The number of rotatable bonds is 4. The van der Waals surface area contributed by atoms with E-state index in [0.717, 1.165) is 23.8 Å². The van der Waals surface area contributed by atoms with Crippen molar-refractivity contribution < 1.29 is 22.4 Å². The van der Waals surface area contributed by atoms with Crippen LogP contribution in [0.2, 0.25) is 0 Å². The number of alkyl halides is 3. The topological polar surface area (TPSA) is 29.1 Å². The summed E-state index contributed by atoms with van der Waals surface area (Å²) in [5.41, 5.74) is 0.0209. The van der Waals surface area contributed by atoms with Crippen molar-refractivity contribution in [2.45, 2.75) is 19.1 Å². The highest BCUT2D eigenvalue weighted by Gasteiger charge is 2.40. The van der Waals surface area contributed by atoms with Crippen molar-refractivity contribution in [1.82, 2.24) is 0 Å². The van der Waals surface area contributed by atoms with Crippen LogP contribution in [-0.4, -0.2) is 12.0 Å². The van der Waals surface area contributed by atoms with Gasteiger partial charge in [0.1, 0.15) is 5.82 Å². The third-order valence-corrected chi connectivity index (χ3v) is 3.16. The molecule has 0 amide bonds. The number of ketones is 1. The van der Waals surface area contributed by atoms with Crippen molar-refractivity contribution in [3.05, 3.63) is 65.5 Å². The highest BCUT2D eigenvalue weighted by Crippen LogP contribution is 2.29. The third-order valence-electron chi connectivity index (χ3n) is 3.16. The second-order valence-electron chi connectivity index (χ2n) is 4.79. The Morgan fingerprint density at radius 3 is 2.32 bits per heavy atom. The molecule has 116 valence electrons. The van der Waals surface area contributed by atoms with Crippen LogP contribution in [0.3, 0.4) is 0 Å². The number of carbonyl (C=O) groups is 1. The lowest BCUT2D eigenvalue weighted by molar-refractivity contribution is -0.0884. The van der Waals surface area contributed by atoms with E-state index < -0.39 is 23.3 Å². The van der Waals surface area contributed by atoms with E-state index in [9.17, 15) is 22.4 Å². The fourth-order valence-corrected chi connectivity index (χ4v) is 2.04. The maximum atomic E-state index is 13.3. The van der Waals surface area contributed by atoms with Crippen molar-refractivity contribution in [2.75, 3.05) is 5.32 Å². The molecule has 2 aromatic rings. The molecule has 1 N–H and O–H groups in total. The Balaban J connectivity index is 2.34. The number of benzene rings is 2. The van der Waals surface area contributed by atoms with Crippen LogP contribution in [0.25, 0.3) is 0 Å². The summed E-state index contributed by atoms with van der Waals surface area (Å²) in [5.74, 6) is -2.73. The van der Waals surface area contributed by atoms with Crippen LogP contribution in [0.1, 0.15) is 28.9 Å². The molecule has 2 aromatic carbocycles. The normalized spacial score (nSPS) is 12.8. The Hall–Kier alpha value is -2.37. The van der Waals surface area contributed by atoms with Gasteiger partial charge in [0, 0.05) is 11.7 Å².